The Balaban J connectivity index is 1.39. The number of rotatable bonds is 26. The van der Waals surface area contributed by atoms with E-state index in [1.165, 1.54) is 88.2 Å². The van der Waals surface area contributed by atoms with Crippen LogP contribution in [0, 0.1) is 11.8 Å². The van der Waals surface area contributed by atoms with Gasteiger partial charge in [0.1, 0.15) is 34.1 Å². The lowest BCUT2D eigenvalue weighted by Crippen LogP contribution is -2.27. The Morgan fingerprint density at radius 2 is 0.855 bits per heavy atom. The van der Waals surface area contributed by atoms with E-state index in [4.69, 9.17) is 28.4 Å². The molecule has 0 aromatic heterocycles. The van der Waals surface area contributed by atoms with Gasteiger partial charge in [-0.25, -0.2) is 9.59 Å². The first-order chi connectivity index (χ1) is 30.3. The molecule has 2 aliphatic rings. The lowest BCUT2D eigenvalue weighted by Gasteiger charge is -2.29. The van der Waals surface area contributed by atoms with Crippen LogP contribution in [0.2, 0.25) is 0 Å². The Labute approximate surface area is 374 Å². The van der Waals surface area contributed by atoms with Crippen molar-refractivity contribution in [3.63, 3.8) is 0 Å². The van der Waals surface area contributed by atoms with Crippen molar-refractivity contribution in [1.29, 1.82) is 0 Å². The summed E-state index contributed by atoms with van der Waals surface area (Å²) in [5.41, 5.74) is 2.98. The van der Waals surface area contributed by atoms with Gasteiger partial charge in [0.15, 0.2) is 0 Å². The van der Waals surface area contributed by atoms with Gasteiger partial charge >= 0.3 is 11.9 Å². The second-order valence-corrected chi connectivity index (χ2v) is 17.8. The number of ether oxygens (including phenoxy) is 6. The zero-order valence-corrected chi connectivity index (χ0v) is 39.1. The Morgan fingerprint density at radius 3 is 1.18 bits per heavy atom. The van der Waals surface area contributed by atoms with Gasteiger partial charge < -0.3 is 28.4 Å². The monoisotopic (exact) mass is 855 g/mol. The van der Waals surface area contributed by atoms with E-state index in [9.17, 15) is 9.59 Å². The fraction of sp³-hybridized carbons (Fsp3) is 0.630. The summed E-state index contributed by atoms with van der Waals surface area (Å²) in [6, 6.07) is 19.9. The standard InChI is InChI=1S/C54H78O8/c1-7-13-15-19-51(59-45-33-29-43(30-34-45)41-25-21-39(17-9-3)22-26-41)61-49-37-48(54(56)58-12-6)50(38-47(49)53(55)57-11-5)62-52(20-16-14-8-2)60-46-35-31-44(32-36-46)42-27-23-40(18-10-4)24-28-42/h29-42,51-52H,7-28H2,1-6H3/t39-,40-,41-,42-,51?,52?. The van der Waals surface area contributed by atoms with Crippen molar-refractivity contribution in [2.24, 2.45) is 11.8 Å². The van der Waals surface area contributed by atoms with Crippen molar-refractivity contribution in [2.45, 2.75) is 194 Å². The van der Waals surface area contributed by atoms with E-state index in [2.05, 4.69) is 52.0 Å². The number of carbonyl (C=O) groups is 2. The molecule has 2 aliphatic carbocycles. The Hall–Kier alpha value is -4.20. The van der Waals surface area contributed by atoms with Crippen LogP contribution < -0.4 is 18.9 Å². The molecule has 2 fully saturated rings. The smallest absolute Gasteiger partial charge is 0.342 e. The van der Waals surface area contributed by atoms with Crippen LogP contribution in [-0.4, -0.2) is 37.7 Å². The van der Waals surface area contributed by atoms with Crippen molar-refractivity contribution >= 4 is 11.9 Å². The summed E-state index contributed by atoms with van der Waals surface area (Å²) >= 11 is 0. The Bertz CT molecular complexity index is 1610. The maximum atomic E-state index is 13.7. The fourth-order valence-corrected chi connectivity index (χ4v) is 9.51. The molecule has 2 saturated carbocycles. The summed E-state index contributed by atoms with van der Waals surface area (Å²) in [6.07, 6.45) is 20.7. The number of esters is 2. The second kappa shape index (κ2) is 26.4. The average molecular weight is 855 g/mol. The van der Waals surface area contributed by atoms with Crippen molar-refractivity contribution in [3.8, 4) is 23.0 Å². The third kappa shape index (κ3) is 15.0. The highest BCUT2D eigenvalue weighted by Gasteiger charge is 2.29. The van der Waals surface area contributed by atoms with E-state index in [-0.39, 0.29) is 35.8 Å². The molecular formula is C54H78O8. The van der Waals surface area contributed by atoms with E-state index in [0.29, 0.717) is 36.2 Å². The molecule has 0 spiro atoms. The predicted molar refractivity (Wildman–Crippen MR) is 249 cm³/mol. The van der Waals surface area contributed by atoms with Crippen molar-refractivity contribution in [2.75, 3.05) is 13.2 Å². The van der Waals surface area contributed by atoms with Crippen LogP contribution in [-0.2, 0) is 9.47 Å². The molecule has 0 amide bonds. The maximum Gasteiger partial charge on any atom is 0.342 e. The molecule has 0 N–H and O–H groups in total. The quantitative estimate of drug-likeness (QED) is 0.0448. The molecule has 2 atom stereocenters. The highest BCUT2D eigenvalue weighted by atomic mass is 16.7. The van der Waals surface area contributed by atoms with Crippen LogP contribution in [0.15, 0.2) is 60.7 Å². The van der Waals surface area contributed by atoms with Crippen LogP contribution >= 0.6 is 0 Å². The van der Waals surface area contributed by atoms with Gasteiger partial charge in [0.25, 0.3) is 0 Å². The summed E-state index contributed by atoms with van der Waals surface area (Å²) in [7, 11) is 0. The van der Waals surface area contributed by atoms with Crippen molar-refractivity contribution in [3.05, 3.63) is 82.9 Å². The van der Waals surface area contributed by atoms with Crippen LogP contribution in [0.1, 0.15) is 214 Å². The van der Waals surface area contributed by atoms with Crippen LogP contribution in [0.4, 0.5) is 0 Å². The minimum atomic E-state index is -0.730. The first-order valence-corrected chi connectivity index (χ1v) is 24.7. The van der Waals surface area contributed by atoms with Gasteiger partial charge in [-0.3, -0.25) is 0 Å². The van der Waals surface area contributed by atoms with Crippen molar-refractivity contribution < 1.29 is 38.0 Å². The summed E-state index contributed by atoms with van der Waals surface area (Å²) in [5, 5.41) is 0. The second-order valence-electron chi connectivity index (χ2n) is 17.8. The van der Waals surface area contributed by atoms with E-state index < -0.39 is 24.5 Å². The summed E-state index contributed by atoms with van der Waals surface area (Å²) in [6.45, 7) is 12.7. The predicted octanol–water partition coefficient (Wildman–Crippen LogP) is 14.9. The van der Waals surface area contributed by atoms with Gasteiger partial charge in [-0.05, 0) is 149 Å². The van der Waals surface area contributed by atoms with Gasteiger partial charge in [-0.15, -0.1) is 0 Å². The molecule has 0 saturated heterocycles. The van der Waals surface area contributed by atoms with Crippen LogP contribution in [0.3, 0.4) is 0 Å². The van der Waals surface area contributed by atoms with E-state index >= 15 is 0 Å². The van der Waals surface area contributed by atoms with Gasteiger partial charge in [-0.2, -0.15) is 0 Å². The molecular weight excluding hydrogens is 777 g/mol. The fourth-order valence-electron chi connectivity index (χ4n) is 9.51. The zero-order chi connectivity index (χ0) is 44.1. The number of unbranched alkanes of at least 4 members (excludes halogenated alkanes) is 4. The number of hydrogen-bond acceptors (Lipinski definition) is 8. The van der Waals surface area contributed by atoms with Crippen molar-refractivity contribution in [1.82, 2.24) is 0 Å². The molecule has 0 aliphatic heterocycles. The first kappa shape index (κ1) is 48.8. The zero-order valence-electron chi connectivity index (χ0n) is 39.1. The third-order valence-corrected chi connectivity index (χ3v) is 13.0. The number of benzene rings is 3. The first-order valence-electron chi connectivity index (χ1n) is 24.7. The maximum absolute atomic E-state index is 13.7. The lowest BCUT2D eigenvalue weighted by molar-refractivity contribution is -0.00752. The molecule has 8 nitrogen and oxygen atoms in total. The highest BCUT2D eigenvalue weighted by molar-refractivity contribution is 5.98. The van der Waals surface area contributed by atoms with E-state index in [0.717, 1.165) is 50.4 Å². The minimum Gasteiger partial charge on any atom is -0.462 e. The van der Waals surface area contributed by atoms with Crippen LogP contribution in [0.25, 0.3) is 0 Å². The molecule has 62 heavy (non-hydrogen) atoms. The Morgan fingerprint density at radius 1 is 0.484 bits per heavy atom. The minimum absolute atomic E-state index is 0.137. The summed E-state index contributed by atoms with van der Waals surface area (Å²) in [4.78, 5) is 27.4. The molecule has 0 bridgehead atoms. The molecule has 0 heterocycles. The molecule has 8 heteroatoms. The van der Waals surface area contributed by atoms with E-state index in [1.807, 2.05) is 24.3 Å². The summed E-state index contributed by atoms with van der Waals surface area (Å²) in [5.74, 6) is 3.42. The molecule has 0 radical (unpaired) electrons. The van der Waals surface area contributed by atoms with Gasteiger partial charge in [-0.1, -0.05) is 103 Å². The highest BCUT2D eigenvalue weighted by Crippen LogP contribution is 2.40. The average Bonchev–Trinajstić information content (AvgIpc) is 3.28. The largest absolute Gasteiger partial charge is 0.462 e. The molecule has 3 aromatic carbocycles. The third-order valence-electron chi connectivity index (χ3n) is 13.0. The molecule has 3 aromatic rings. The summed E-state index contributed by atoms with van der Waals surface area (Å²) < 4.78 is 37.4. The topological polar surface area (TPSA) is 89.5 Å². The van der Waals surface area contributed by atoms with Gasteiger partial charge in [0.05, 0.1) is 13.2 Å². The van der Waals surface area contributed by atoms with Gasteiger partial charge in [0.2, 0.25) is 12.6 Å². The molecule has 2 unspecified atom stereocenters. The van der Waals surface area contributed by atoms with Gasteiger partial charge in [0, 0.05) is 12.8 Å². The normalized spacial score (nSPS) is 19.8. The number of hydrogen-bond donors (Lipinski definition) is 0. The van der Waals surface area contributed by atoms with E-state index in [1.54, 1.807) is 26.0 Å². The number of carbonyl (C=O) groups excluding carboxylic acids is 2. The molecule has 342 valence electrons. The van der Waals surface area contributed by atoms with Crippen LogP contribution in [0.5, 0.6) is 23.0 Å². The SMILES string of the molecule is CCCCCC(Oc1ccc([C@H]2CC[C@H](CCC)CC2)cc1)Oc1cc(C(=O)OCC)c(OC(CCCCC)Oc2ccc([C@H]3CC[C@H](CCC)CC3)cc2)cc1C(=O)OCC. The lowest BCUT2D eigenvalue weighted by atomic mass is 9.77. The molecule has 5 rings (SSSR count). The Kier molecular flexibility index (Phi) is 20.8.